The summed E-state index contributed by atoms with van der Waals surface area (Å²) in [6, 6.07) is 22.2. The molecule has 0 fully saturated rings. The maximum absolute atomic E-state index is 14.3. The molecule has 0 saturated heterocycles. The van der Waals surface area contributed by atoms with E-state index in [0.717, 1.165) is 0 Å². The molecule has 3 aromatic carbocycles. The van der Waals surface area contributed by atoms with Gasteiger partial charge in [0.05, 0.1) is 14.2 Å². The molecule has 2 atom stereocenters. The van der Waals surface area contributed by atoms with Crippen LogP contribution in [0.1, 0.15) is 22.8 Å². The fourth-order valence-electron chi connectivity index (χ4n) is 3.25. The van der Waals surface area contributed by atoms with Gasteiger partial charge in [-0.15, -0.1) is 0 Å². The normalized spacial score (nSPS) is 15.3. The van der Waals surface area contributed by atoms with Crippen molar-refractivity contribution in [2.45, 2.75) is 11.7 Å². The van der Waals surface area contributed by atoms with Crippen molar-refractivity contribution >= 4 is 12.4 Å². The van der Waals surface area contributed by atoms with Gasteiger partial charge in [0.15, 0.2) is 7.14 Å². The Morgan fingerprint density at radius 2 is 1.07 bits per heavy atom. The van der Waals surface area contributed by atoms with Crippen LogP contribution in [0.5, 0.6) is 11.5 Å². The summed E-state index contributed by atoms with van der Waals surface area (Å²) >= 11 is 0. The molecular weight excluding hydrogens is 375 g/mol. The lowest BCUT2D eigenvalue weighted by Gasteiger charge is -2.30. The van der Waals surface area contributed by atoms with Gasteiger partial charge >= 0.3 is 0 Å². The molecule has 2 unspecified atom stereocenters. The zero-order chi connectivity index (χ0) is 20.1. The van der Waals surface area contributed by atoms with E-state index in [-0.39, 0.29) is 0 Å². The minimum Gasteiger partial charge on any atom is -0.496 e. The molecule has 0 saturated carbocycles. The number of hydrogen-bond donors (Lipinski definition) is 2. The van der Waals surface area contributed by atoms with Crippen LogP contribution in [-0.4, -0.2) is 24.4 Å². The van der Waals surface area contributed by atoms with Crippen molar-refractivity contribution in [1.82, 2.24) is 0 Å². The molecule has 0 bridgehead atoms. The van der Waals surface area contributed by atoms with Crippen molar-refractivity contribution in [3.63, 3.8) is 0 Å². The highest BCUT2D eigenvalue weighted by molar-refractivity contribution is 7.71. The molecule has 3 aromatic rings. The lowest BCUT2D eigenvalue weighted by molar-refractivity contribution is 0.210. The molecule has 0 aliphatic heterocycles. The van der Waals surface area contributed by atoms with E-state index >= 15 is 0 Å². The highest BCUT2D eigenvalue weighted by Gasteiger charge is 2.44. The van der Waals surface area contributed by atoms with Crippen LogP contribution in [0.25, 0.3) is 0 Å². The van der Waals surface area contributed by atoms with E-state index < -0.39 is 18.8 Å². The van der Waals surface area contributed by atoms with Crippen LogP contribution in [0.4, 0.5) is 0 Å². The van der Waals surface area contributed by atoms with Crippen molar-refractivity contribution in [2.75, 3.05) is 14.2 Å². The van der Waals surface area contributed by atoms with E-state index in [2.05, 4.69) is 0 Å². The van der Waals surface area contributed by atoms with Gasteiger partial charge in [-0.1, -0.05) is 66.7 Å². The Hall–Kier alpha value is -2.59. The summed E-state index contributed by atoms with van der Waals surface area (Å²) in [5.74, 6) is -2.13. The van der Waals surface area contributed by atoms with E-state index in [1.807, 2.05) is 0 Å². The molecule has 2 N–H and O–H groups in total. The molecule has 146 valence electrons. The molecular formula is C22H23O5P. The number of ether oxygens (including phenoxy) is 2. The molecule has 0 aromatic heterocycles. The topological polar surface area (TPSA) is 76.0 Å². The molecule has 0 amide bonds. The maximum atomic E-state index is 14.3. The Balaban J connectivity index is 2.20. The molecule has 0 heterocycles. The molecule has 0 aliphatic carbocycles. The van der Waals surface area contributed by atoms with E-state index in [1.54, 1.807) is 78.9 Å². The number of aliphatic hydroxyl groups excluding tert-OH is 2. The highest BCUT2D eigenvalue weighted by Crippen LogP contribution is 2.67. The first kappa shape index (κ1) is 20.2. The van der Waals surface area contributed by atoms with Gasteiger partial charge in [-0.25, -0.2) is 0 Å². The summed E-state index contributed by atoms with van der Waals surface area (Å²) in [4.78, 5) is 0. The molecule has 0 spiro atoms. The minimum absolute atomic E-state index is 0.353. The van der Waals surface area contributed by atoms with Crippen molar-refractivity contribution in [2.24, 2.45) is 0 Å². The Morgan fingerprint density at radius 3 is 1.50 bits per heavy atom. The van der Waals surface area contributed by atoms with Crippen LogP contribution in [0, 0.1) is 0 Å². The van der Waals surface area contributed by atoms with Crippen LogP contribution < -0.4 is 14.8 Å². The monoisotopic (exact) mass is 398 g/mol. The molecule has 0 aliphatic rings. The van der Waals surface area contributed by atoms with Crippen LogP contribution in [0.3, 0.4) is 0 Å². The SMILES string of the molecule is COc1ccccc1C(O)P(=O)(c1ccccc1)C(O)c1ccccc1OC. The van der Waals surface area contributed by atoms with E-state index in [9.17, 15) is 14.8 Å². The first-order chi connectivity index (χ1) is 13.5. The van der Waals surface area contributed by atoms with Crippen molar-refractivity contribution in [1.29, 1.82) is 0 Å². The predicted molar refractivity (Wildman–Crippen MR) is 110 cm³/mol. The maximum Gasteiger partial charge on any atom is 0.178 e. The van der Waals surface area contributed by atoms with Gasteiger partial charge in [0.25, 0.3) is 0 Å². The fourth-order valence-corrected chi connectivity index (χ4v) is 5.97. The van der Waals surface area contributed by atoms with Gasteiger partial charge in [-0.2, -0.15) is 0 Å². The third-order valence-corrected chi connectivity index (χ3v) is 7.84. The summed E-state index contributed by atoms with van der Waals surface area (Å²) in [6.07, 6.45) is 0. The largest absolute Gasteiger partial charge is 0.496 e. The van der Waals surface area contributed by atoms with Crippen molar-refractivity contribution in [3.05, 3.63) is 90.0 Å². The average Bonchev–Trinajstić information content (AvgIpc) is 2.78. The second kappa shape index (κ2) is 8.61. The van der Waals surface area contributed by atoms with Crippen LogP contribution in [-0.2, 0) is 4.57 Å². The average molecular weight is 398 g/mol. The summed E-state index contributed by atoms with van der Waals surface area (Å²) < 4.78 is 25.0. The van der Waals surface area contributed by atoms with Crippen molar-refractivity contribution in [3.8, 4) is 11.5 Å². The molecule has 0 radical (unpaired) electrons. The van der Waals surface area contributed by atoms with E-state index in [4.69, 9.17) is 9.47 Å². The molecule has 6 heteroatoms. The first-order valence-corrected chi connectivity index (χ1v) is 10.7. The Bertz CT molecular complexity index is 916. The first-order valence-electron chi connectivity index (χ1n) is 8.81. The fraction of sp³-hybridized carbons (Fsp3) is 0.182. The number of para-hydroxylation sites is 2. The van der Waals surface area contributed by atoms with E-state index in [0.29, 0.717) is 27.9 Å². The summed E-state index contributed by atoms with van der Waals surface area (Å²) in [6.45, 7) is 0. The zero-order valence-electron chi connectivity index (χ0n) is 15.7. The van der Waals surface area contributed by atoms with Gasteiger partial charge in [0.1, 0.15) is 23.2 Å². The predicted octanol–water partition coefficient (Wildman–Crippen LogP) is 4.07. The zero-order valence-corrected chi connectivity index (χ0v) is 16.6. The van der Waals surface area contributed by atoms with Crippen LogP contribution >= 0.6 is 7.14 Å². The summed E-state index contributed by atoms with van der Waals surface area (Å²) in [5.41, 5.74) is 0.706. The Morgan fingerprint density at radius 1 is 0.679 bits per heavy atom. The Kier molecular flexibility index (Phi) is 6.20. The molecule has 5 nitrogen and oxygen atoms in total. The summed E-state index contributed by atoms with van der Waals surface area (Å²) in [5, 5.41) is 22.9. The van der Waals surface area contributed by atoms with Crippen molar-refractivity contribution < 1.29 is 24.3 Å². The van der Waals surface area contributed by atoms with E-state index in [1.165, 1.54) is 14.2 Å². The third kappa shape index (κ3) is 3.57. The minimum atomic E-state index is -3.83. The Labute approximate surface area is 164 Å². The second-order valence-corrected chi connectivity index (χ2v) is 9.19. The van der Waals surface area contributed by atoms with Gasteiger partial charge in [0.2, 0.25) is 0 Å². The highest BCUT2D eigenvalue weighted by atomic mass is 31.2. The standard InChI is InChI=1S/C22H23O5P/c1-26-19-14-8-6-12-17(19)21(23)28(25,16-10-4-3-5-11-16)22(24)18-13-7-9-15-20(18)27-2/h3-15,21-24H,1-2H3. The molecule has 3 rings (SSSR count). The van der Waals surface area contributed by atoms with Gasteiger partial charge < -0.3 is 24.3 Å². The number of rotatable bonds is 7. The lowest BCUT2D eigenvalue weighted by Crippen LogP contribution is -2.18. The number of methoxy groups -OCH3 is 2. The number of hydrogen-bond acceptors (Lipinski definition) is 5. The smallest absolute Gasteiger partial charge is 0.178 e. The lowest BCUT2D eigenvalue weighted by atomic mass is 10.2. The van der Waals surface area contributed by atoms with Crippen LogP contribution in [0.15, 0.2) is 78.9 Å². The molecule has 28 heavy (non-hydrogen) atoms. The quantitative estimate of drug-likeness (QED) is 0.587. The number of benzene rings is 3. The second-order valence-electron chi connectivity index (χ2n) is 6.28. The van der Waals surface area contributed by atoms with Crippen LogP contribution in [0.2, 0.25) is 0 Å². The van der Waals surface area contributed by atoms with Gasteiger partial charge in [0, 0.05) is 16.4 Å². The summed E-state index contributed by atoms with van der Waals surface area (Å²) in [7, 11) is -0.863. The number of aliphatic hydroxyl groups is 2. The third-order valence-electron chi connectivity index (χ3n) is 4.72. The van der Waals surface area contributed by atoms with Gasteiger partial charge in [-0.05, 0) is 12.1 Å². The van der Waals surface area contributed by atoms with Gasteiger partial charge in [-0.3, -0.25) is 0 Å².